The summed E-state index contributed by atoms with van der Waals surface area (Å²) in [5, 5.41) is 10.4. The largest absolute Gasteiger partial charge is 0.493 e. The van der Waals surface area contributed by atoms with Crippen LogP contribution in [-0.4, -0.2) is 45.3 Å². The molecule has 0 bridgehead atoms. The van der Waals surface area contributed by atoms with Crippen LogP contribution >= 0.6 is 0 Å². The molecule has 2 aliphatic heterocycles. The van der Waals surface area contributed by atoms with Crippen molar-refractivity contribution in [3.8, 4) is 5.88 Å². The van der Waals surface area contributed by atoms with E-state index in [0.717, 1.165) is 56.8 Å². The highest BCUT2D eigenvalue weighted by Crippen LogP contribution is 2.23. The van der Waals surface area contributed by atoms with Gasteiger partial charge in [-0.2, -0.15) is 0 Å². The number of hydrogen-bond acceptors (Lipinski definition) is 4. The lowest BCUT2D eigenvalue weighted by Crippen LogP contribution is -2.47. The Morgan fingerprint density at radius 1 is 1.00 bits per heavy atom. The summed E-state index contributed by atoms with van der Waals surface area (Å²) >= 11 is 0. The van der Waals surface area contributed by atoms with Crippen molar-refractivity contribution in [1.29, 1.82) is 0 Å². The Hall–Kier alpha value is -2.28. The smallest absolute Gasteiger partial charge is 0.332 e. The summed E-state index contributed by atoms with van der Waals surface area (Å²) in [6.07, 6.45) is 2.78. The molecule has 7 heteroatoms. The van der Waals surface area contributed by atoms with Gasteiger partial charge in [0, 0.05) is 38.4 Å². The van der Waals surface area contributed by atoms with E-state index in [2.05, 4.69) is 9.80 Å². The summed E-state index contributed by atoms with van der Waals surface area (Å²) in [5.74, 6) is -0.0967. The summed E-state index contributed by atoms with van der Waals surface area (Å²) in [6.45, 7) is 4.34. The van der Waals surface area contributed by atoms with Gasteiger partial charge in [-0.1, -0.05) is 0 Å². The van der Waals surface area contributed by atoms with Gasteiger partial charge in [-0.3, -0.25) is 9.47 Å². The minimum atomic E-state index is -0.227. The van der Waals surface area contributed by atoms with Crippen molar-refractivity contribution in [1.82, 2.24) is 14.0 Å². The zero-order valence-electron chi connectivity index (χ0n) is 14.2. The first-order valence-electron chi connectivity index (χ1n) is 8.87. The minimum Gasteiger partial charge on any atom is -0.493 e. The lowest BCUT2D eigenvalue weighted by molar-refractivity contribution is 0.193. The second-order valence-electron chi connectivity index (χ2n) is 6.81. The van der Waals surface area contributed by atoms with Crippen LogP contribution in [0.25, 0.3) is 0 Å². The highest BCUT2D eigenvalue weighted by molar-refractivity contribution is 5.46. The van der Waals surface area contributed by atoms with Crippen LogP contribution in [0.3, 0.4) is 0 Å². The third-order valence-electron chi connectivity index (χ3n) is 5.25. The summed E-state index contributed by atoms with van der Waals surface area (Å²) in [6, 6.07) is 6.54. The van der Waals surface area contributed by atoms with Crippen molar-refractivity contribution >= 4 is 5.69 Å². The fraction of sp³-hybridized carbons (Fsp3) is 0.500. The Kier molecular flexibility index (Phi) is 4.25. The first-order valence-corrected chi connectivity index (χ1v) is 8.87. The molecule has 1 aromatic carbocycles. The van der Waals surface area contributed by atoms with Crippen molar-refractivity contribution in [2.75, 3.05) is 31.1 Å². The molecule has 0 unspecified atom stereocenters. The van der Waals surface area contributed by atoms with Crippen LogP contribution in [0.1, 0.15) is 18.5 Å². The molecule has 2 aromatic rings. The average Bonchev–Trinajstić information content (AvgIpc) is 2.88. The van der Waals surface area contributed by atoms with Gasteiger partial charge in [-0.25, -0.2) is 13.8 Å². The molecule has 0 atom stereocenters. The molecule has 4 rings (SSSR count). The van der Waals surface area contributed by atoms with Crippen LogP contribution in [0.2, 0.25) is 0 Å². The minimum absolute atomic E-state index is 0.104. The van der Waals surface area contributed by atoms with E-state index in [4.69, 9.17) is 0 Å². The quantitative estimate of drug-likeness (QED) is 0.917. The highest BCUT2D eigenvalue weighted by Gasteiger charge is 2.24. The van der Waals surface area contributed by atoms with E-state index in [0.29, 0.717) is 13.2 Å². The number of aromatic hydroxyl groups is 1. The van der Waals surface area contributed by atoms with Crippen LogP contribution in [0, 0.1) is 5.82 Å². The molecule has 0 amide bonds. The highest BCUT2D eigenvalue weighted by atomic mass is 19.1. The molecule has 1 aromatic heterocycles. The molecule has 0 aliphatic carbocycles. The zero-order valence-corrected chi connectivity index (χ0v) is 14.2. The molecule has 0 spiro atoms. The molecule has 1 saturated heterocycles. The molecule has 1 fully saturated rings. The number of benzene rings is 1. The number of anilines is 1. The normalized spacial score (nSPS) is 18.4. The van der Waals surface area contributed by atoms with Gasteiger partial charge in [0.25, 0.3) is 0 Å². The summed E-state index contributed by atoms with van der Waals surface area (Å²) in [5.41, 5.74) is 1.69. The van der Waals surface area contributed by atoms with E-state index >= 15 is 0 Å². The second-order valence-corrected chi connectivity index (χ2v) is 6.81. The van der Waals surface area contributed by atoms with Crippen LogP contribution < -0.4 is 10.6 Å². The molecule has 1 N–H and O–H groups in total. The van der Waals surface area contributed by atoms with Crippen molar-refractivity contribution in [2.24, 2.45) is 0 Å². The molecule has 134 valence electrons. The fourth-order valence-electron chi connectivity index (χ4n) is 3.79. The van der Waals surface area contributed by atoms with Gasteiger partial charge in [-0.05, 0) is 43.5 Å². The maximum atomic E-state index is 13.0. The van der Waals surface area contributed by atoms with Crippen LogP contribution in [0.5, 0.6) is 5.88 Å². The van der Waals surface area contributed by atoms with Crippen molar-refractivity contribution in [3.63, 3.8) is 0 Å². The number of fused-ring (bicyclic) bond motifs is 1. The maximum absolute atomic E-state index is 13.0. The van der Waals surface area contributed by atoms with Crippen molar-refractivity contribution < 1.29 is 9.50 Å². The Labute approximate surface area is 145 Å². The van der Waals surface area contributed by atoms with E-state index in [-0.39, 0.29) is 17.4 Å². The number of piperazine rings is 1. The molecule has 6 nitrogen and oxygen atoms in total. The van der Waals surface area contributed by atoms with Crippen molar-refractivity contribution in [3.05, 3.63) is 46.3 Å². The molecule has 3 heterocycles. The van der Waals surface area contributed by atoms with Gasteiger partial charge in [0.15, 0.2) is 0 Å². The average molecular weight is 346 g/mol. The number of nitrogens with zero attached hydrogens (tertiary/aromatic N) is 4. The van der Waals surface area contributed by atoms with Gasteiger partial charge in [0.05, 0.1) is 12.4 Å². The first kappa shape index (κ1) is 16.2. The third kappa shape index (κ3) is 3.04. The Balaban J connectivity index is 1.43. The molecule has 25 heavy (non-hydrogen) atoms. The second kappa shape index (κ2) is 6.55. The first-order chi connectivity index (χ1) is 12.1. The molecule has 0 radical (unpaired) electrons. The van der Waals surface area contributed by atoms with E-state index in [1.807, 2.05) is 0 Å². The Morgan fingerprint density at radius 3 is 2.40 bits per heavy atom. The molecule has 0 saturated carbocycles. The van der Waals surface area contributed by atoms with Crippen LogP contribution in [0.4, 0.5) is 10.1 Å². The van der Waals surface area contributed by atoms with E-state index in [1.165, 1.54) is 16.7 Å². The van der Waals surface area contributed by atoms with Gasteiger partial charge in [0.2, 0.25) is 5.88 Å². The number of imidazole rings is 1. The number of hydrogen-bond donors (Lipinski definition) is 1. The molecular weight excluding hydrogens is 323 g/mol. The van der Waals surface area contributed by atoms with Crippen LogP contribution in [0.15, 0.2) is 29.1 Å². The lowest BCUT2D eigenvalue weighted by Gasteiger charge is -2.36. The van der Waals surface area contributed by atoms with E-state index < -0.39 is 0 Å². The van der Waals surface area contributed by atoms with Gasteiger partial charge in [0.1, 0.15) is 5.82 Å². The Bertz CT molecular complexity index is 804. The maximum Gasteiger partial charge on any atom is 0.332 e. The van der Waals surface area contributed by atoms with Crippen molar-refractivity contribution in [2.45, 2.75) is 32.5 Å². The summed E-state index contributed by atoms with van der Waals surface area (Å²) in [4.78, 5) is 16.9. The lowest BCUT2D eigenvalue weighted by atomic mass is 10.1. The zero-order chi connectivity index (χ0) is 17.4. The number of aromatic nitrogens is 2. The summed E-state index contributed by atoms with van der Waals surface area (Å²) in [7, 11) is 0. The van der Waals surface area contributed by atoms with Gasteiger partial charge < -0.3 is 10.0 Å². The predicted octanol–water partition coefficient (Wildman–Crippen LogP) is 1.61. The Morgan fingerprint density at radius 2 is 1.72 bits per heavy atom. The number of halogens is 1. The fourth-order valence-corrected chi connectivity index (χ4v) is 3.79. The monoisotopic (exact) mass is 346 g/mol. The molecular formula is C18H23FN4O2. The van der Waals surface area contributed by atoms with E-state index in [1.54, 1.807) is 16.7 Å². The van der Waals surface area contributed by atoms with Gasteiger partial charge >= 0.3 is 5.69 Å². The SMILES string of the molecule is O=c1n(CN2CCN(c3ccc(F)cc3)CC2)c(O)c2n1CCCC2. The molecule has 2 aliphatic rings. The van der Waals surface area contributed by atoms with Gasteiger partial charge in [-0.15, -0.1) is 0 Å². The topological polar surface area (TPSA) is 53.6 Å². The predicted molar refractivity (Wildman–Crippen MR) is 93.5 cm³/mol. The standard InChI is InChI=1S/C18H23FN4O2/c19-14-4-6-15(7-5-14)21-11-9-20(10-12-21)13-23-17(24)16-3-1-2-8-22(16)18(23)25/h4-7,24H,1-3,8-13H2. The summed E-state index contributed by atoms with van der Waals surface area (Å²) < 4.78 is 16.3. The van der Waals surface area contributed by atoms with Crippen LogP contribution in [-0.2, 0) is 19.6 Å². The third-order valence-corrected chi connectivity index (χ3v) is 5.25. The number of rotatable bonds is 3. The van der Waals surface area contributed by atoms with E-state index in [9.17, 15) is 14.3 Å².